The number of rotatable bonds is 22. The zero-order valence-corrected chi connectivity index (χ0v) is 66.6. The minimum atomic E-state index is -2.35. The second-order valence-corrected chi connectivity index (χ2v) is 35.8. The van der Waals surface area contributed by atoms with Crippen molar-refractivity contribution in [3.05, 3.63) is 47.6 Å². The van der Waals surface area contributed by atoms with Crippen LogP contribution < -0.4 is 4.74 Å². The smallest absolute Gasteiger partial charge is 0.331 e. The molecule has 0 bridgehead atoms. The largest absolute Gasteiger partial charge is 0.497 e. The molecule has 1 aromatic rings. The normalized spacial score (nSPS) is 50.5. The van der Waals surface area contributed by atoms with E-state index in [1.807, 2.05) is 13.0 Å². The number of carboxylic acid groups (broad SMARTS) is 1. The summed E-state index contributed by atoms with van der Waals surface area (Å²) in [6.45, 7) is 9.51. The van der Waals surface area contributed by atoms with Gasteiger partial charge in [-0.15, -0.1) is 0 Å². The zero-order valence-electron chi connectivity index (χ0n) is 66.6. The van der Waals surface area contributed by atoms with Gasteiger partial charge in [0.2, 0.25) is 6.29 Å². The number of aliphatic hydroxyl groups excluding tert-OH is 17. The van der Waals surface area contributed by atoms with E-state index in [9.17, 15) is 107 Å². The average molecular weight is 1680 g/mol. The first-order valence-corrected chi connectivity index (χ1v) is 40.3. The Bertz CT molecular complexity index is 3670. The van der Waals surface area contributed by atoms with Gasteiger partial charge in [0, 0.05) is 11.5 Å². The number of fused-ring (bicyclic) bond motifs is 7. The minimum absolute atomic E-state index is 0.0454. The molecule has 0 radical (unpaired) electrons. The van der Waals surface area contributed by atoms with Gasteiger partial charge in [-0.2, -0.15) is 0 Å². The molecule has 19 N–H and O–H groups in total. The third kappa shape index (κ3) is 16.1. The molecule has 7 saturated heterocycles. The van der Waals surface area contributed by atoms with Gasteiger partial charge in [0.15, 0.2) is 49.9 Å². The number of methoxy groups -OCH3 is 1. The quantitative estimate of drug-likeness (QED) is 0.0226. The molecule has 7 heterocycles. The SMILES string of the molecule is COc1ccc(C=CC(=O)O[C@@H]2[C@H](O[C@@H]3O[C@@H](C)[C@H](O)[C@@H](O)[C@H]3O)[C@@H](O[C@@H]3O[C@@H](C)[C@H](O[C@@H]4OC[C@@H](O)[C@H](O[C@@H]5OC[C@H](O)[C@H](O)[C@H]5O)[C@H]4O)[C@@H](O[C@@H]4OC[C@](O)(CO)[C@H]4O)[C@H]3O)[C@H](OC(=O)[C@]34CCC(C)(C)C[C@H]3C3=CC[C@@H]5[C@@]6(C)C[C@H](O)[C@H](O[C@@H]7O[C@H](CO)[C@@H](O)[C@H](O)[C@H]7O)[C@@](C)(C(=O)O)[C@@H]6CC[C@@]5(C)[C@]3(CO)CC4)O[C@@H]2C)cc1. The number of allylic oxidation sites excluding steroid dienone is 1. The number of aliphatic carboxylic acids is 1. The average Bonchev–Trinajstić information content (AvgIpc) is 0.852. The molecule has 0 amide bonds. The van der Waals surface area contributed by atoms with Crippen molar-refractivity contribution in [2.75, 3.05) is 46.8 Å². The van der Waals surface area contributed by atoms with Gasteiger partial charge in [-0.3, -0.25) is 9.59 Å². The van der Waals surface area contributed by atoms with Crippen LogP contribution in [-0.2, 0) is 85.4 Å². The Morgan fingerprint density at radius 2 is 1.09 bits per heavy atom. The molecule has 38 nitrogen and oxygen atoms in total. The van der Waals surface area contributed by atoms with E-state index < -0.39 is 310 Å². The molecule has 0 aromatic heterocycles. The van der Waals surface area contributed by atoms with Gasteiger partial charge in [-0.1, -0.05) is 51.5 Å². The highest BCUT2D eigenvalue weighted by molar-refractivity contribution is 5.87. The minimum Gasteiger partial charge on any atom is -0.497 e. The lowest BCUT2D eigenvalue weighted by molar-refractivity contribution is -0.398. The molecule has 7 aliphatic heterocycles. The number of ether oxygens (including phenoxy) is 16. The molecule has 4 saturated carbocycles. The zero-order chi connectivity index (χ0) is 85.0. The van der Waals surface area contributed by atoms with Crippen LogP contribution in [0.3, 0.4) is 0 Å². The lowest BCUT2D eigenvalue weighted by Crippen LogP contribution is -2.71. The summed E-state index contributed by atoms with van der Waals surface area (Å²) in [6, 6.07) is 6.58. The Morgan fingerprint density at radius 1 is 0.521 bits per heavy atom. The molecular weight excluding hydrogens is 1560 g/mol. The van der Waals surface area contributed by atoms with Crippen molar-refractivity contribution in [2.24, 2.45) is 50.2 Å². The van der Waals surface area contributed by atoms with E-state index >= 15 is 4.79 Å². The fraction of sp³-hybridized carbons (Fsp3) is 0.835. The molecular formula is C79H118O38. The second kappa shape index (κ2) is 34.7. The number of aliphatic hydroxyl groups is 18. The molecule has 1 aromatic carbocycles. The predicted molar refractivity (Wildman–Crippen MR) is 389 cm³/mol. The molecule has 5 aliphatic carbocycles. The van der Waals surface area contributed by atoms with E-state index in [-0.39, 0.29) is 38.5 Å². The first-order chi connectivity index (χ1) is 55.1. The standard InChI is InChI=1S/C79H118O38/c1-32-46(87)49(90)52(93)66(106-32)114-60-57(110-45(86)17-12-35-10-13-36(102-9)14-11-35)34(3)108-69(61(60)115-68-55(96)59(113-70-62(97)79(101,30-82)31-105-70)56(33(2)107-68)111-65-54(95)58(41(85)28-104-65)112-64-51(92)47(88)40(84)27-103-64)117-72(100)77-21-20-73(4,5)24-38(77)37-15-16-43-74(6)25-39(83)63(116-67-53(94)50(91)48(89)42(26-80)109-67)76(8,71(98)99)44(74)18-19-75(43,7)78(37,29-81)23-22-77/h10-15,17,32-34,38-44,46-70,80-85,87-97,101H,16,18-31H2,1-9H3,(H,98,99)/t32-,33-,34+,38-,39-,40-,41+,42+,43+,44+,46-,47-,48+,49+,50-,51+,52+,53+,54+,55+,56-,57-,58-,59-,60-,61+,62-,63-,64-,65-,66-,67-,68-,69-,70-,74+,75+,76-,77-,78-,79+/m0/s1. The van der Waals surface area contributed by atoms with Crippen molar-refractivity contribution in [3.8, 4) is 5.75 Å². The number of hydrogen-bond acceptors (Lipinski definition) is 37. The molecule has 38 heteroatoms. The van der Waals surface area contributed by atoms with Crippen LogP contribution in [-0.4, -0.2) is 364 Å². The summed E-state index contributed by atoms with van der Waals surface area (Å²) in [6.07, 6.45) is -51.5. The fourth-order valence-electron chi connectivity index (χ4n) is 21.4. The number of carboxylic acids is 1. The van der Waals surface area contributed by atoms with Gasteiger partial charge in [0.25, 0.3) is 0 Å². The van der Waals surface area contributed by atoms with Crippen LogP contribution >= 0.6 is 0 Å². The summed E-state index contributed by atoms with van der Waals surface area (Å²) in [5.74, 6) is -4.68. The molecule has 41 atom stereocenters. The summed E-state index contributed by atoms with van der Waals surface area (Å²) in [5, 5.41) is 214. The maximum Gasteiger partial charge on any atom is 0.331 e. The van der Waals surface area contributed by atoms with E-state index in [0.717, 1.165) is 11.6 Å². The third-order valence-corrected chi connectivity index (χ3v) is 28.4. The Kier molecular flexibility index (Phi) is 26.8. The number of esters is 2. The van der Waals surface area contributed by atoms with Crippen molar-refractivity contribution in [1.82, 2.24) is 0 Å². The van der Waals surface area contributed by atoms with E-state index in [1.165, 1.54) is 40.9 Å². The first kappa shape index (κ1) is 90.4. The van der Waals surface area contributed by atoms with Crippen molar-refractivity contribution in [1.29, 1.82) is 0 Å². The van der Waals surface area contributed by atoms with Crippen molar-refractivity contribution >= 4 is 24.0 Å². The van der Waals surface area contributed by atoms with E-state index in [1.54, 1.807) is 24.3 Å². The summed E-state index contributed by atoms with van der Waals surface area (Å²) >= 11 is 0. The molecule has 0 unspecified atom stereocenters. The molecule has 12 aliphatic rings. The third-order valence-electron chi connectivity index (χ3n) is 28.4. The lowest BCUT2D eigenvalue weighted by atomic mass is 9.33. The van der Waals surface area contributed by atoms with Crippen LogP contribution in [0.25, 0.3) is 6.08 Å². The molecule has 13 rings (SSSR count). The van der Waals surface area contributed by atoms with Crippen LogP contribution in [0.4, 0.5) is 0 Å². The van der Waals surface area contributed by atoms with Gasteiger partial charge in [0.05, 0.1) is 82.0 Å². The van der Waals surface area contributed by atoms with E-state index in [4.69, 9.17) is 75.8 Å². The number of carbonyl (C=O) groups is 3. The number of benzene rings is 1. The van der Waals surface area contributed by atoms with Gasteiger partial charge >= 0.3 is 17.9 Å². The molecule has 117 heavy (non-hydrogen) atoms. The summed E-state index contributed by atoms with van der Waals surface area (Å²) in [7, 11) is 1.47. The maximum absolute atomic E-state index is 16.6. The highest BCUT2D eigenvalue weighted by Crippen LogP contribution is 2.76. The van der Waals surface area contributed by atoms with E-state index in [0.29, 0.717) is 30.6 Å². The Balaban J connectivity index is 0.859. The monoisotopic (exact) mass is 1670 g/mol. The van der Waals surface area contributed by atoms with Gasteiger partial charge in [0.1, 0.15) is 127 Å². The van der Waals surface area contributed by atoms with Crippen molar-refractivity contribution < 1.29 is 187 Å². The fourth-order valence-corrected chi connectivity index (χ4v) is 21.4. The predicted octanol–water partition coefficient (Wildman–Crippen LogP) is -4.28. The Morgan fingerprint density at radius 3 is 1.74 bits per heavy atom. The van der Waals surface area contributed by atoms with Gasteiger partial charge in [-0.05, 0) is 143 Å². The summed E-state index contributed by atoms with van der Waals surface area (Å²) in [4.78, 5) is 45.2. The highest BCUT2D eigenvalue weighted by Gasteiger charge is 2.74. The first-order valence-electron chi connectivity index (χ1n) is 40.3. The van der Waals surface area contributed by atoms with Crippen LogP contribution in [0.2, 0.25) is 0 Å². The molecule has 11 fully saturated rings. The maximum atomic E-state index is 16.6. The van der Waals surface area contributed by atoms with Crippen LogP contribution in [0, 0.1) is 50.2 Å². The highest BCUT2D eigenvalue weighted by atomic mass is 16.8. The van der Waals surface area contributed by atoms with E-state index in [2.05, 4.69) is 20.8 Å². The molecule has 0 spiro atoms. The Labute approximate surface area is 674 Å². The summed E-state index contributed by atoms with van der Waals surface area (Å²) in [5.41, 5.74) is -8.04. The number of carbonyl (C=O) groups excluding carboxylic acids is 2. The summed E-state index contributed by atoms with van der Waals surface area (Å²) < 4.78 is 98.7. The van der Waals surface area contributed by atoms with Crippen LogP contribution in [0.1, 0.15) is 119 Å². The van der Waals surface area contributed by atoms with Crippen molar-refractivity contribution in [2.45, 2.75) is 315 Å². The number of hydrogen-bond donors (Lipinski definition) is 19. The molecule has 662 valence electrons. The van der Waals surface area contributed by atoms with Crippen molar-refractivity contribution in [3.63, 3.8) is 0 Å². The van der Waals surface area contributed by atoms with Gasteiger partial charge < -0.3 is 173 Å². The van der Waals surface area contributed by atoms with Crippen LogP contribution in [0.15, 0.2) is 42.0 Å². The Hall–Kier alpha value is -4.33. The topological polar surface area (TPSA) is 583 Å². The second-order valence-electron chi connectivity index (χ2n) is 35.8. The lowest BCUT2D eigenvalue weighted by Gasteiger charge is -2.71. The van der Waals surface area contributed by atoms with Crippen LogP contribution in [0.5, 0.6) is 5.75 Å². The van der Waals surface area contributed by atoms with Gasteiger partial charge in [-0.25, -0.2) is 4.79 Å².